The van der Waals surface area contributed by atoms with Crippen LogP contribution in [0, 0.1) is 12.7 Å². The molecular weight excluding hydrogens is 397 g/mol. The van der Waals surface area contributed by atoms with E-state index in [9.17, 15) is 4.39 Å². The van der Waals surface area contributed by atoms with E-state index in [1.165, 1.54) is 17.8 Å². The van der Waals surface area contributed by atoms with E-state index in [1.54, 1.807) is 12.1 Å². The van der Waals surface area contributed by atoms with Crippen molar-refractivity contribution in [3.05, 3.63) is 70.3 Å². The van der Waals surface area contributed by atoms with Crippen LogP contribution in [0.15, 0.2) is 47.6 Å². The monoisotopic (exact) mass is 419 g/mol. The SMILES string of the molecule is CCn1c(CCCOc2ccc(Cl)cc2C)nnc1SCc1ccccc1F. The number of rotatable bonds is 9. The van der Waals surface area contributed by atoms with Crippen molar-refractivity contribution in [1.29, 1.82) is 0 Å². The van der Waals surface area contributed by atoms with Gasteiger partial charge in [-0.1, -0.05) is 41.6 Å². The normalized spacial score (nSPS) is 11.0. The van der Waals surface area contributed by atoms with Crippen LogP contribution in [0.2, 0.25) is 5.02 Å². The zero-order chi connectivity index (χ0) is 19.9. The van der Waals surface area contributed by atoms with Crippen molar-refractivity contribution in [3.8, 4) is 5.75 Å². The molecule has 2 aromatic carbocycles. The van der Waals surface area contributed by atoms with Gasteiger partial charge in [0.2, 0.25) is 0 Å². The highest BCUT2D eigenvalue weighted by Crippen LogP contribution is 2.24. The van der Waals surface area contributed by atoms with E-state index in [0.29, 0.717) is 22.9 Å². The van der Waals surface area contributed by atoms with Crippen molar-refractivity contribution in [1.82, 2.24) is 14.8 Å². The van der Waals surface area contributed by atoms with Crippen molar-refractivity contribution < 1.29 is 9.13 Å². The van der Waals surface area contributed by atoms with E-state index >= 15 is 0 Å². The van der Waals surface area contributed by atoms with Crippen molar-refractivity contribution in [3.63, 3.8) is 0 Å². The largest absolute Gasteiger partial charge is 0.493 e. The highest BCUT2D eigenvalue weighted by Gasteiger charge is 2.12. The van der Waals surface area contributed by atoms with Gasteiger partial charge in [0.25, 0.3) is 0 Å². The molecular formula is C21H23ClFN3OS. The van der Waals surface area contributed by atoms with Crippen LogP contribution in [0.1, 0.15) is 30.3 Å². The molecule has 0 radical (unpaired) electrons. The Morgan fingerprint density at radius 2 is 2.00 bits per heavy atom. The number of halogens is 2. The Labute approximate surface area is 174 Å². The third-order valence-corrected chi connectivity index (χ3v) is 5.61. The predicted molar refractivity (Wildman–Crippen MR) is 112 cm³/mol. The van der Waals surface area contributed by atoms with Crippen LogP contribution in [0.3, 0.4) is 0 Å². The first-order valence-corrected chi connectivity index (χ1v) is 10.6. The highest BCUT2D eigenvalue weighted by atomic mass is 35.5. The molecule has 0 atom stereocenters. The maximum Gasteiger partial charge on any atom is 0.191 e. The number of thioether (sulfide) groups is 1. The molecule has 0 aliphatic carbocycles. The molecule has 7 heteroatoms. The highest BCUT2D eigenvalue weighted by molar-refractivity contribution is 7.98. The summed E-state index contributed by atoms with van der Waals surface area (Å²) in [4.78, 5) is 0. The summed E-state index contributed by atoms with van der Waals surface area (Å²) in [5.41, 5.74) is 1.70. The Bertz CT molecular complexity index is 932. The summed E-state index contributed by atoms with van der Waals surface area (Å²) in [6, 6.07) is 12.4. The van der Waals surface area contributed by atoms with Crippen molar-refractivity contribution in [2.24, 2.45) is 0 Å². The number of ether oxygens (including phenoxy) is 1. The lowest BCUT2D eigenvalue weighted by Gasteiger charge is -2.10. The van der Waals surface area contributed by atoms with Gasteiger partial charge >= 0.3 is 0 Å². The number of nitrogens with zero attached hydrogens (tertiary/aromatic N) is 3. The van der Waals surface area contributed by atoms with E-state index in [-0.39, 0.29) is 5.82 Å². The van der Waals surface area contributed by atoms with Gasteiger partial charge in [0.05, 0.1) is 6.61 Å². The average Bonchev–Trinajstić information content (AvgIpc) is 3.07. The third-order valence-electron chi connectivity index (χ3n) is 4.36. The zero-order valence-corrected chi connectivity index (χ0v) is 17.6. The van der Waals surface area contributed by atoms with Gasteiger partial charge in [-0.15, -0.1) is 10.2 Å². The van der Waals surface area contributed by atoms with Crippen LogP contribution in [-0.2, 0) is 18.7 Å². The smallest absolute Gasteiger partial charge is 0.191 e. The number of hydrogen-bond acceptors (Lipinski definition) is 4. The lowest BCUT2D eigenvalue weighted by atomic mass is 10.2. The van der Waals surface area contributed by atoms with Gasteiger partial charge in [-0.2, -0.15) is 0 Å². The Morgan fingerprint density at radius 1 is 1.18 bits per heavy atom. The minimum Gasteiger partial charge on any atom is -0.493 e. The van der Waals surface area contributed by atoms with E-state index in [1.807, 2.05) is 31.2 Å². The quantitative estimate of drug-likeness (QED) is 0.329. The van der Waals surface area contributed by atoms with Gasteiger partial charge in [-0.25, -0.2) is 4.39 Å². The fourth-order valence-corrected chi connectivity index (χ4v) is 4.11. The number of benzene rings is 2. The molecule has 0 amide bonds. The summed E-state index contributed by atoms with van der Waals surface area (Å²) >= 11 is 7.48. The Balaban J connectivity index is 1.54. The summed E-state index contributed by atoms with van der Waals surface area (Å²) in [6.07, 6.45) is 1.60. The Morgan fingerprint density at radius 3 is 2.75 bits per heavy atom. The minimum absolute atomic E-state index is 0.188. The molecule has 4 nitrogen and oxygen atoms in total. The minimum atomic E-state index is -0.188. The average molecular weight is 420 g/mol. The maximum atomic E-state index is 13.8. The summed E-state index contributed by atoms with van der Waals surface area (Å²) in [6.45, 7) is 5.41. The fourth-order valence-electron chi connectivity index (χ4n) is 2.87. The summed E-state index contributed by atoms with van der Waals surface area (Å²) in [5, 5.41) is 10.1. The van der Waals surface area contributed by atoms with Gasteiger partial charge in [0, 0.05) is 23.7 Å². The Kier molecular flexibility index (Phi) is 7.34. The molecule has 1 heterocycles. The third kappa shape index (κ3) is 5.26. The summed E-state index contributed by atoms with van der Waals surface area (Å²) < 4.78 is 21.7. The molecule has 0 saturated carbocycles. The van der Waals surface area contributed by atoms with Crippen LogP contribution in [0.4, 0.5) is 4.39 Å². The molecule has 3 rings (SSSR count). The lowest BCUT2D eigenvalue weighted by molar-refractivity contribution is 0.307. The molecule has 0 fully saturated rings. The summed E-state index contributed by atoms with van der Waals surface area (Å²) in [7, 11) is 0. The second kappa shape index (κ2) is 9.94. The lowest BCUT2D eigenvalue weighted by Crippen LogP contribution is -2.06. The second-order valence-electron chi connectivity index (χ2n) is 6.38. The van der Waals surface area contributed by atoms with Crippen LogP contribution in [0.5, 0.6) is 5.75 Å². The zero-order valence-electron chi connectivity index (χ0n) is 16.0. The first kappa shape index (κ1) is 20.7. The van der Waals surface area contributed by atoms with Gasteiger partial charge in [0.15, 0.2) is 5.16 Å². The molecule has 0 spiro atoms. The van der Waals surface area contributed by atoms with E-state index < -0.39 is 0 Å². The van der Waals surface area contributed by atoms with E-state index in [4.69, 9.17) is 16.3 Å². The van der Waals surface area contributed by atoms with E-state index in [2.05, 4.69) is 21.7 Å². The predicted octanol–water partition coefficient (Wildman–Crippen LogP) is 5.70. The number of hydrogen-bond donors (Lipinski definition) is 0. The molecule has 0 N–H and O–H groups in total. The number of aromatic nitrogens is 3. The van der Waals surface area contributed by atoms with E-state index in [0.717, 1.165) is 41.7 Å². The van der Waals surface area contributed by atoms with Crippen LogP contribution in [-0.4, -0.2) is 21.4 Å². The summed E-state index contributed by atoms with van der Waals surface area (Å²) in [5.74, 6) is 2.12. The molecule has 28 heavy (non-hydrogen) atoms. The standard InChI is InChI=1S/C21H23ClFN3OS/c1-3-26-20(9-6-12-27-19-11-10-17(22)13-15(19)2)24-25-21(26)28-14-16-7-4-5-8-18(16)23/h4-5,7-8,10-11,13H,3,6,9,12,14H2,1-2H3. The van der Waals surface area contributed by atoms with Gasteiger partial charge < -0.3 is 9.30 Å². The van der Waals surface area contributed by atoms with Gasteiger partial charge in [0.1, 0.15) is 17.4 Å². The molecule has 0 aliphatic heterocycles. The molecule has 0 aliphatic rings. The first-order valence-electron chi connectivity index (χ1n) is 9.25. The number of aryl methyl sites for hydroxylation is 2. The Hall–Kier alpha value is -2.05. The molecule has 0 saturated heterocycles. The maximum absolute atomic E-state index is 13.8. The van der Waals surface area contributed by atoms with Gasteiger partial charge in [-0.3, -0.25) is 0 Å². The molecule has 1 aromatic heterocycles. The second-order valence-corrected chi connectivity index (χ2v) is 7.76. The van der Waals surface area contributed by atoms with Crippen molar-refractivity contribution >= 4 is 23.4 Å². The fraction of sp³-hybridized carbons (Fsp3) is 0.333. The van der Waals surface area contributed by atoms with Crippen LogP contribution >= 0.6 is 23.4 Å². The molecule has 148 valence electrons. The van der Waals surface area contributed by atoms with Gasteiger partial charge in [-0.05, 0) is 55.7 Å². The molecule has 0 unspecified atom stereocenters. The molecule has 3 aromatic rings. The van der Waals surface area contributed by atoms with Crippen molar-refractivity contribution in [2.45, 2.75) is 44.1 Å². The molecule has 0 bridgehead atoms. The van der Waals surface area contributed by atoms with Crippen molar-refractivity contribution in [2.75, 3.05) is 6.61 Å². The first-order chi connectivity index (χ1) is 13.6. The van der Waals surface area contributed by atoms with Crippen LogP contribution < -0.4 is 4.74 Å². The van der Waals surface area contributed by atoms with Crippen LogP contribution in [0.25, 0.3) is 0 Å². The topological polar surface area (TPSA) is 39.9 Å².